The molecule has 0 spiro atoms. The standard InChI is InChI=1S/C25H18F3N3O3/c26-25(27,28)17-4-1-3-16(11-17)8-10-33-19-6-7-23-20(13-19)21(30-32)14-24(34-23)22-12-18-5-2-9-31(18)15-29-22/h1-7,9,11-15,32H,8,10H2. The first-order chi connectivity index (χ1) is 16.4. The van der Waals surface area contributed by atoms with E-state index in [1.165, 1.54) is 6.07 Å². The van der Waals surface area contributed by atoms with Crippen molar-refractivity contribution in [2.24, 2.45) is 5.16 Å². The molecule has 172 valence electrons. The van der Waals surface area contributed by atoms with Gasteiger partial charge in [-0.15, -0.1) is 0 Å². The van der Waals surface area contributed by atoms with Crippen molar-refractivity contribution in [1.29, 1.82) is 0 Å². The molecule has 5 aromatic rings. The minimum atomic E-state index is -4.38. The van der Waals surface area contributed by atoms with E-state index >= 15 is 0 Å². The van der Waals surface area contributed by atoms with E-state index in [9.17, 15) is 18.4 Å². The molecule has 9 heteroatoms. The summed E-state index contributed by atoms with van der Waals surface area (Å²) in [5.41, 5.74) is 1.82. The van der Waals surface area contributed by atoms with E-state index in [-0.39, 0.29) is 12.0 Å². The topological polar surface area (TPSA) is 72.3 Å². The molecule has 0 amide bonds. The zero-order chi connectivity index (χ0) is 23.7. The highest BCUT2D eigenvalue weighted by molar-refractivity contribution is 5.80. The smallest absolute Gasteiger partial charge is 0.416 e. The Labute approximate surface area is 191 Å². The molecule has 0 atom stereocenters. The molecular weight excluding hydrogens is 447 g/mol. The summed E-state index contributed by atoms with van der Waals surface area (Å²) in [6.07, 6.45) is -0.532. The van der Waals surface area contributed by atoms with Gasteiger partial charge in [0, 0.05) is 24.2 Å². The van der Waals surface area contributed by atoms with Crippen LogP contribution >= 0.6 is 0 Å². The van der Waals surface area contributed by atoms with Crippen molar-refractivity contribution >= 4 is 16.5 Å². The number of nitrogens with zero attached hydrogens (tertiary/aromatic N) is 3. The summed E-state index contributed by atoms with van der Waals surface area (Å²) in [6, 6.07) is 17.5. The number of benzene rings is 2. The van der Waals surface area contributed by atoms with Crippen molar-refractivity contribution in [3.8, 4) is 17.2 Å². The summed E-state index contributed by atoms with van der Waals surface area (Å²) in [7, 11) is 0. The van der Waals surface area contributed by atoms with E-state index in [0.717, 1.165) is 17.6 Å². The van der Waals surface area contributed by atoms with E-state index in [1.54, 1.807) is 36.7 Å². The van der Waals surface area contributed by atoms with Gasteiger partial charge in [0.05, 0.1) is 23.9 Å². The van der Waals surface area contributed by atoms with E-state index in [0.29, 0.717) is 40.2 Å². The highest BCUT2D eigenvalue weighted by Gasteiger charge is 2.30. The molecule has 3 aromatic heterocycles. The monoisotopic (exact) mass is 465 g/mol. The Morgan fingerprint density at radius 1 is 1.03 bits per heavy atom. The van der Waals surface area contributed by atoms with E-state index in [1.807, 2.05) is 28.8 Å². The predicted octanol–water partition coefficient (Wildman–Crippen LogP) is 5.68. The summed E-state index contributed by atoms with van der Waals surface area (Å²) in [5, 5.41) is 13.8. The van der Waals surface area contributed by atoms with E-state index in [2.05, 4.69) is 10.1 Å². The fourth-order valence-electron chi connectivity index (χ4n) is 3.71. The Morgan fingerprint density at radius 2 is 1.91 bits per heavy atom. The lowest BCUT2D eigenvalue weighted by atomic mass is 10.1. The lowest BCUT2D eigenvalue weighted by Crippen LogP contribution is -2.07. The molecule has 0 radical (unpaired) electrons. The Morgan fingerprint density at radius 3 is 2.74 bits per heavy atom. The molecule has 0 saturated heterocycles. The second kappa shape index (κ2) is 8.58. The van der Waals surface area contributed by atoms with Crippen molar-refractivity contribution in [2.75, 3.05) is 6.61 Å². The fraction of sp³-hybridized carbons (Fsp3) is 0.120. The van der Waals surface area contributed by atoms with Crippen molar-refractivity contribution in [3.05, 3.63) is 95.7 Å². The third-order valence-corrected chi connectivity index (χ3v) is 5.41. The van der Waals surface area contributed by atoms with Crippen LogP contribution in [-0.4, -0.2) is 21.2 Å². The van der Waals surface area contributed by atoms with Crippen molar-refractivity contribution in [3.63, 3.8) is 0 Å². The molecule has 5 rings (SSSR count). The molecular formula is C25H18F3N3O3. The van der Waals surface area contributed by atoms with Crippen LogP contribution in [0.4, 0.5) is 13.2 Å². The molecule has 1 N–H and O–H groups in total. The normalized spacial score (nSPS) is 12.5. The van der Waals surface area contributed by atoms with Crippen LogP contribution in [0.15, 0.2) is 88.8 Å². The highest BCUT2D eigenvalue weighted by Crippen LogP contribution is 2.30. The maximum atomic E-state index is 12.9. The van der Waals surface area contributed by atoms with Gasteiger partial charge in [-0.2, -0.15) is 13.2 Å². The van der Waals surface area contributed by atoms with Gasteiger partial charge in [0.1, 0.15) is 22.4 Å². The van der Waals surface area contributed by atoms with Crippen molar-refractivity contribution < 1.29 is 27.5 Å². The molecule has 0 aliphatic carbocycles. The van der Waals surface area contributed by atoms with Gasteiger partial charge < -0.3 is 18.8 Å². The molecule has 6 nitrogen and oxygen atoms in total. The van der Waals surface area contributed by atoms with E-state index in [4.69, 9.17) is 9.15 Å². The number of hydrogen-bond acceptors (Lipinski definition) is 5. The Bertz CT molecular complexity index is 1550. The van der Waals surface area contributed by atoms with Crippen LogP contribution < -0.4 is 10.1 Å². The summed E-state index contributed by atoms with van der Waals surface area (Å²) >= 11 is 0. The molecule has 2 aromatic carbocycles. The number of halogens is 3. The van der Waals surface area contributed by atoms with Crippen LogP contribution in [0.3, 0.4) is 0 Å². The summed E-state index contributed by atoms with van der Waals surface area (Å²) < 4.78 is 52.3. The summed E-state index contributed by atoms with van der Waals surface area (Å²) in [4.78, 5) is 4.39. The number of rotatable bonds is 5. The molecule has 0 fully saturated rings. The number of ether oxygens (including phenoxy) is 1. The molecule has 3 heterocycles. The van der Waals surface area contributed by atoms with Gasteiger partial charge in [0.15, 0.2) is 5.76 Å². The SMILES string of the molecule is ON=c1cc(-c2cc3cccn3cn2)oc2ccc(OCCc3cccc(C(F)(F)F)c3)cc12. The lowest BCUT2D eigenvalue weighted by molar-refractivity contribution is -0.137. The first kappa shape index (κ1) is 21.6. The maximum Gasteiger partial charge on any atom is 0.416 e. The first-order valence-electron chi connectivity index (χ1n) is 10.4. The number of hydrogen-bond donors (Lipinski definition) is 1. The van der Waals surface area contributed by atoms with Gasteiger partial charge >= 0.3 is 6.18 Å². The van der Waals surface area contributed by atoms with Gasteiger partial charge in [-0.25, -0.2) is 4.98 Å². The average Bonchev–Trinajstić information content (AvgIpc) is 3.31. The summed E-state index contributed by atoms with van der Waals surface area (Å²) in [5.74, 6) is 0.905. The first-order valence-corrected chi connectivity index (χ1v) is 10.4. The number of alkyl halides is 3. The Balaban J connectivity index is 1.37. The quantitative estimate of drug-likeness (QED) is 0.268. The Kier molecular flexibility index (Phi) is 5.45. The van der Waals surface area contributed by atoms with Gasteiger partial charge in [0.2, 0.25) is 0 Å². The van der Waals surface area contributed by atoms with E-state index < -0.39 is 11.7 Å². The van der Waals surface area contributed by atoms with Crippen LogP contribution in [0.5, 0.6) is 5.75 Å². The summed E-state index contributed by atoms with van der Waals surface area (Å²) in [6.45, 7) is 0.175. The van der Waals surface area contributed by atoms with Crippen LogP contribution in [0, 0.1) is 0 Å². The second-order valence-corrected chi connectivity index (χ2v) is 7.66. The van der Waals surface area contributed by atoms with Gasteiger partial charge in [-0.1, -0.05) is 23.4 Å². The largest absolute Gasteiger partial charge is 0.493 e. The second-order valence-electron chi connectivity index (χ2n) is 7.66. The van der Waals surface area contributed by atoms with Crippen molar-refractivity contribution in [2.45, 2.75) is 12.6 Å². The number of aromatic nitrogens is 2. The number of fused-ring (bicyclic) bond motifs is 2. The molecule has 0 unspecified atom stereocenters. The van der Waals surface area contributed by atoms with Crippen LogP contribution in [0.25, 0.3) is 27.9 Å². The van der Waals surface area contributed by atoms with Gasteiger partial charge in [-0.3, -0.25) is 0 Å². The third-order valence-electron chi connectivity index (χ3n) is 5.41. The average molecular weight is 465 g/mol. The molecule has 0 aliphatic heterocycles. The van der Waals surface area contributed by atoms with Gasteiger partial charge in [-0.05, 0) is 48.0 Å². The zero-order valence-corrected chi connectivity index (χ0v) is 17.7. The third kappa shape index (κ3) is 4.32. The Hall–Kier alpha value is -4.27. The molecule has 0 bridgehead atoms. The fourth-order valence-corrected chi connectivity index (χ4v) is 3.71. The van der Waals surface area contributed by atoms with Gasteiger partial charge in [0.25, 0.3) is 0 Å². The zero-order valence-electron chi connectivity index (χ0n) is 17.7. The highest BCUT2D eigenvalue weighted by atomic mass is 19.4. The van der Waals surface area contributed by atoms with Crippen LogP contribution in [0.2, 0.25) is 0 Å². The van der Waals surface area contributed by atoms with Crippen LogP contribution in [-0.2, 0) is 12.6 Å². The minimum Gasteiger partial charge on any atom is -0.493 e. The minimum absolute atomic E-state index is 0.175. The predicted molar refractivity (Wildman–Crippen MR) is 118 cm³/mol. The van der Waals surface area contributed by atoms with Crippen molar-refractivity contribution in [1.82, 2.24) is 9.38 Å². The molecule has 0 saturated carbocycles. The molecule has 34 heavy (non-hydrogen) atoms. The molecule has 0 aliphatic rings. The maximum absolute atomic E-state index is 12.9. The lowest BCUT2D eigenvalue weighted by Gasteiger charge is -2.10. The van der Waals surface area contributed by atoms with Crippen LogP contribution in [0.1, 0.15) is 11.1 Å².